The third-order valence-corrected chi connectivity index (χ3v) is 2.79. The summed E-state index contributed by atoms with van der Waals surface area (Å²) in [6, 6.07) is 7.97. The number of aromatic nitrogens is 1. The highest BCUT2D eigenvalue weighted by molar-refractivity contribution is 5.82. The zero-order chi connectivity index (χ0) is 16.0. The molecule has 0 saturated heterocycles. The van der Waals surface area contributed by atoms with E-state index in [0.717, 1.165) is 16.3 Å². The Morgan fingerprint density at radius 3 is 2.86 bits per heavy atom. The van der Waals surface area contributed by atoms with E-state index < -0.39 is 11.7 Å². The molecular formula is C18H20N2O2. The molecule has 2 rings (SSSR count). The van der Waals surface area contributed by atoms with Crippen LogP contribution in [0.1, 0.15) is 32.8 Å². The van der Waals surface area contributed by atoms with Crippen LogP contribution in [-0.2, 0) is 4.74 Å². The van der Waals surface area contributed by atoms with Gasteiger partial charge in [0.2, 0.25) is 0 Å². The molecular weight excluding hydrogens is 276 g/mol. The average Bonchev–Trinajstić information content (AvgIpc) is 2.45. The normalized spacial score (nSPS) is 10.7. The molecule has 0 aliphatic carbocycles. The molecule has 2 aromatic rings. The van der Waals surface area contributed by atoms with Crippen molar-refractivity contribution in [3.8, 4) is 11.8 Å². The third-order valence-electron chi connectivity index (χ3n) is 2.79. The highest BCUT2D eigenvalue weighted by atomic mass is 16.6. The molecule has 4 heteroatoms. The minimum atomic E-state index is -0.476. The van der Waals surface area contributed by atoms with Crippen LogP contribution < -0.4 is 5.32 Å². The molecule has 0 atom stereocenters. The average molecular weight is 296 g/mol. The number of hydrogen-bond acceptors (Lipinski definition) is 3. The van der Waals surface area contributed by atoms with Gasteiger partial charge in [-0.25, -0.2) is 4.79 Å². The van der Waals surface area contributed by atoms with Crippen LogP contribution in [0.3, 0.4) is 0 Å². The van der Waals surface area contributed by atoms with Gasteiger partial charge in [0.05, 0.1) is 0 Å². The molecule has 114 valence electrons. The Labute approximate surface area is 130 Å². The monoisotopic (exact) mass is 296 g/mol. The van der Waals surface area contributed by atoms with Gasteiger partial charge in [0.1, 0.15) is 5.60 Å². The lowest BCUT2D eigenvalue weighted by atomic mass is 10.1. The van der Waals surface area contributed by atoms with E-state index in [1.165, 1.54) is 0 Å². The molecule has 0 spiro atoms. The predicted molar refractivity (Wildman–Crippen MR) is 87.5 cm³/mol. The predicted octanol–water partition coefficient (Wildman–Crippen LogP) is 3.50. The van der Waals surface area contributed by atoms with Gasteiger partial charge in [0.15, 0.2) is 0 Å². The van der Waals surface area contributed by atoms with Crippen molar-refractivity contribution in [1.29, 1.82) is 0 Å². The van der Waals surface area contributed by atoms with Crippen LogP contribution in [-0.4, -0.2) is 23.2 Å². The fourth-order valence-electron chi connectivity index (χ4n) is 1.87. The number of rotatable bonds is 2. The minimum Gasteiger partial charge on any atom is -0.444 e. The first-order valence-electron chi connectivity index (χ1n) is 7.23. The van der Waals surface area contributed by atoms with Gasteiger partial charge in [0, 0.05) is 36.3 Å². The molecule has 0 fully saturated rings. The van der Waals surface area contributed by atoms with Gasteiger partial charge in [0.25, 0.3) is 0 Å². The molecule has 1 aromatic heterocycles. The van der Waals surface area contributed by atoms with Crippen molar-refractivity contribution in [3.63, 3.8) is 0 Å². The van der Waals surface area contributed by atoms with Crippen molar-refractivity contribution in [3.05, 3.63) is 42.2 Å². The number of carbonyl (C=O) groups is 1. The molecule has 1 heterocycles. The van der Waals surface area contributed by atoms with E-state index in [1.807, 2.05) is 51.2 Å². The zero-order valence-electron chi connectivity index (χ0n) is 13.1. The number of nitrogens with one attached hydrogen (secondary N) is 1. The Morgan fingerprint density at radius 1 is 1.27 bits per heavy atom. The summed E-state index contributed by atoms with van der Waals surface area (Å²) < 4.78 is 5.15. The van der Waals surface area contributed by atoms with Crippen molar-refractivity contribution >= 4 is 16.9 Å². The Morgan fingerprint density at radius 2 is 2.09 bits per heavy atom. The van der Waals surface area contributed by atoms with Gasteiger partial charge in [-0.05, 0) is 44.4 Å². The fourth-order valence-corrected chi connectivity index (χ4v) is 1.87. The Balaban J connectivity index is 1.84. The minimum absolute atomic E-state index is 0.410. The maximum Gasteiger partial charge on any atom is 0.407 e. The molecule has 0 aliphatic rings. The Kier molecular flexibility index (Phi) is 5.00. The first kappa shape index (κ1) is 15.8. The van der Waals surface area contributed by atoms with E-state index in [9.17, 15) is 4.79 Å². The van der Waals surface area contributed by atoms with Gasteiger partial charge < -0.3 is 10.1 Å². The van der Waals surface area contributed by atoms with E-state index >= 15 is 0 Å². The number of ether oxygens (including phenoxy) is 1. The molecule has 4 nitrogen and oxygen atoms in total. The van der Waals surface area contributed by atoms with E-state index in [0.29, 0.717) is 13.0 Å². The summed E-state index contributed by atoms with van der Waals surface area (Å²) in [6.07, 6.45) is 3.77. The van der Waals surface area contributed by atoms with E-state index in [2.05, 4.69) is 22.1 Å². The number of pyridine rings is 1. The van der Waals surface area contributed by atoms with Crippen molar-refractivity contribution in [2.45, 2.75) is 32.8 Å². The molecule has 0 saturated carbocycles. The molecule has 22 heavy (non-hydrogen) atoms. The maximum absolute atomic E-state index is 11.5. The number of benzene rings is 1. The standard InChI is InChI=1S/C18H20N2O2/c1-18(2,3)22-17(21)20-10-5-4-6-14-7-8-16-13-19-11-9-15(16)12-14/h7-9,11-13H,5,10H2,1-3H3,(H,20,21). The van der Waals surface area contributed by atoms with Crippen LogP contribution in [0, 0.1) is 11.8 Å². The van der Waals surface area contributed by atoms with Crippen LogP contribution in [0.5, 0.6) is 0 Å². The molecule has 1 aromatic carbocycles. The van der Waals surface area contributed by atoms with Gasteiger partial charge in [-0.2, -0.15) is 0 Å². The summed E-state index contributed by atoms with van der Waals surface area (Å²) in [6.45, 7) is 5.98. The largest absolute Gasteiger partial charge is 0.444 e. The highest BCUT2D eigenvalue weighted by Crippen LogP contribution is 2.13. The Hall–Kier alpha value is -2.54. The molecule has 1 N–H and O–H groups in total. The topological polar surface area (TPSA) is 51.2 Å². The smallest absolute Gasteiger partial charge is 0.407 e. The molecule has 0 radical (unpaired) electrons. The molecule has 0 aliphatic heterocycles. The van der Waals surface area contributed by atoms with Crippen LogP contribution in [0.25, 0.3) is 10.8 Å². The van der Waals surface area contributed by atoms with Crippen LogP contribution in [0.15, 0.2) is 36.7 Å². The molecule has 1 amide bonds. The van der Waals surface area contributed by atoms with Crippen molar-refractivity contribution in [2.24, 2.45) is 0 Å². The van der Waals surface area contributed by atoms with Crippen molar-refractivity contribution < 1.29 is 9.53 Å². The Bertz CT molecular complexity index is 721. The summed E-state index contributed by atoms with van der Waals surface area (Å²) >= 11 is 0. The van der Waals surface area contributed by atoms with Gasteiger partial charge >= 0.3 is 6.09 Å². The van der Waals surface area contributed by atoms with Crippen molar-refractivity contribution in [1.82, 2.24) is 10.3 Å². The van der Waals surface area contributed by atoms with E-state index in [1.54, 1.807) is 6.20 Å². The number of fused-ring (bicyclic) bond motifs is 1. The van der Waals surface area contributed by atoms with Gasteiger partial charge in [-0.3, -0.25) is 4.98 Å². The maximum atomic E-state index is 11.5. The summed E-state index contributed by atoms with van der Waals surface area (Å²) in [5, 5.41) is 4.90. The van der Waals surface area contributed by atoms with Gasteiger partial charge in [-0.15, -0.1) is 0 Å². The van der Waals surface area contributed by atoms with Crippen LogP contribution in [0.2, 0.25) is 0 Å². The molecule has 0 unspecified atom stereocenters. The molecule has 0 bridgehead atoms. The summed E-state index contributed by atoms with van der Waals surface area (Å²) in [4.78, 5) is 15.5. The summed E-state index contributed by atoms with van der Waals surface area (Å²) in [5.74, 6) is 6.14. The SMILES string of the molecule is CC(C)(C)OC(=O)NCCC#Cc1ccc2cnccc2c1. The van der Waals surface area contributed by atoms with Crippen molar-refractivity contribution in [2.75, 3.05) is 6.54 Å². The number of nitrogens with zero attached hydrogens (tertiary/aromatic N) is 1. The number of amides is 1. The van der Waals surface area contributed by atoms with Crippen LogP contribution in [0.4, 0.5) is 4.79 Å². The first-order valence-corrected chi connectivity index (χ1v) is 7.23. The number of hydrogen-bond donors (Lipinski definition) is 1. The summed E-state index contributed by atoms with van der Waals surface area (Å²) in [7, 11) is 0. The lowest BCUT2D eigenvalue weighted by molar-refractivity contribution is 0.0529. The van der Waals surface area contributed by atoms with Gasteiger partial charge in [-0.1, -0.05) is 17.9 Å². The summed E-state index contributed by atoms with van der Waals surface area (Å²) in [5.41, 5.74) is 0.478. The lowest BCUT2D eigenvalue weighted by Crippen LogP contribution is -2.32. The number of carbonyl (C=O) groups excluding carboxylic acids is 1. The number of alkyl carbamates (subject to hydrolysis) is 1. The third kappa shape index (κ3) is 5.10. The lowest BCUT2D eigenvalue weighted by Gasteiger charge is -2.19. The zero-order valence-corrected chi connectivity index (χ0v) is 13.1. The fraction of sp³-hybridized carbons (Fsp3) is 0.333. The second-order valence-electron chi connectivity index (χ2n) is 5.92. The second kappa shape index (κ2) is 6.95. The second-order valence-corrected chi connectivity index (χ2v) is 5.92. The van der Waals surface area contributed by atoms with E-state index in [-0.39, 0.29) is 0 Å². The van der Waals surface area contributed by atoms with Crippen LogP contribution >= 0.6 is 0 Å². The quantitative estimate of drug-likeness (QED) is 0.681. The first-order chi connectivity index (χ1) is 10.4. The van der Waals surface area contributed by atoms with E-state index in [4.69, 9.17) is 4.74 Å². The highest BCUT2D eigenvalue weighted by Gasteiger charge is 2.15.